The van der Waals surface area contributed by atoms with Gasteiger partial charge in [-0.1, -0.05) is 32.0 Å². The molecule has 0 radical (unpaired) electrons. The first-order valence-electron chi connectivity index (χ1n) is 7.21. The monoisotopic (exact) mass is 247 g/mol. The van der Waals surface area contributed by atoms with E-state index < -0.39 is 0 Å². The second kappa shape index (κ2) is 6.24. The number of rotatable bonds is 5. The van der Waals surface area contributed by atoms with E-state index in [2.05, 4.69) is 36.1 Å². The van der Waals surface area contributed by atoms with E-state index in [0.29, 0.717) is 0 Å². The van der Waals surface area contributed by atoms with E-state index in [1.165, 1.54) is 17.7 Å². The van der Waals surface area contributed by atoms with Gasteiger partial charge < -0.3 is 10.0 Å². The van der Waals surface area contributed by atoms with Gasteiger partial charge in [-0.25, -0.2) is 0 Å². The Labute approximate surface area is 111 Å². The van der Waals surface area contributed by atoms with Crippen molar-refractivity contribution in [2.45, 2.75) is 45.6 Å². The fraction of sp³-hybridized carbons (Fsp3) is 0.625. The van der Waals surface area contributed by atoms with Crippen LogP contribution in [0.25, 0.3) is 0 Å². The maximum atomic E-state index is 9.62. The summed E-state index contributed by atoms with van der Waals surface area (Å²) in [5.41, 5.74) is 2.88. The lowest BCUT2D eigenvalue weighted by atomic mass is 9.93. The molecule has 0 saturated heterocycles. The van der Waals surface area contributed by atoms with Gasteiger partial charge in [0.1, 0.15) is 0 Å². The van der Waals surface area contributed by atoms with Gasteiger partial charge in [-0.15, -0.1) is 0 Å². The van der Waals surface area contributed by atoms with Crippen molar-refractivity contribution in [1.29, 1.82) is 0 Å². The van der Waals surface area contributed by atoms with E-state index >= 15 is 0 Å². The molecule has 18 heavy (non-hydrogen) atoms. The van der Waals surface area contributed by atoms with Crippen molar-refractivity contribution in [2.75, 3.05) is 18.0 Å². The normalized spacial score (nSPS) is 20.6. The lowest BCUT2D eigenvalue weighted by Gasteiger charge is -2.35. The fourth-order valence-corrected chi connectivity index (χ4v) is 2.84. The SMILES string of the molecule is CCC(O)CCCN1CC(C)Cc2ccccc21. The number of benzene rings is 1. The highest BCUT2D eigenvalue weighted by Crippen LogP contribution is 2.29. The molecule has 1 aromatic carbocycles. The summed E-state index contributed by atoms with van der Waals surface area (Å²) >= 11 is 0. The summed E-state index contributed by atoms with van der Waals surface area (Å²) in [6.07, 6.45) is 3.94. The number of hydrogen-bond acceptors (Lipinski definition) is 2. The first-order chi connectivity index (χ1) is 8.70. The predicted octanol–water partition coefficient (Wildman–Crippen LogP) is 3.24. The van der Waals surface area contributed by atoms with Crippen LogP contribution in [0.3, 0.4) is 0 Å². The smallest absolute Gasteiger partial charge is 0.0538 e. The van der Waals surface area contributed by atoms with E-state index in [4.69, 9.17) is 0 Å². The Morgan fingerprint density at radius 1 is 1.39 bits per heavy atom. The molecular formula is C16H25NO. The number of nitrogens with zero attached hydrogens (tertiary/aromatic N) is 1. The zero-order chi connectivity index (χ0) is 13.0. The molecular weight excluding hydrogens is 222 g/mol. The lowest BCUT2D eigenvalue weighted by molar-refractivity contribution is 0.158. The summed E-state index contributed by atoms with van der Waals surface area (Å²) in [6, 6.07) is 8.74. The Morgan fingerprint density at radius 3 is 2.94 bits per heavy atom. The molecule has 0 saturated carbocycles. The maximum absolute atomic E-state index is 9.62. The lowest BCUT2D eigenvalue weighted by Crippen LogP contribution is -2.35. The number of anilines is 1. The molecule has 1 aliphatic rings. The number of aliphatic hydroxyl groups excluding tert-OH is 1. The zero-order valence-electron chi connectivity index (χ0n) is 11.6. The number of fused-ring (bicyclic) bond motifs is 1. The summed E-state index contributed by atoms with van der Waals surface area (Å²) in [5.74, 6) is 0.732. The third kappa shape index (κ3) is 3.26. The van der Waals surface area contributed by atoms with Crippen molar-refractivity contribution in [3.63, 3.8) is 0 Å². The van der Waals surface area contributed by atoms with Gasteiger partial charge in [0.15, 0.2) is 0 Å². The molecule has 1 N–H and O–H groups in total. The molecule has 2 atom stereocenters. The highest BCUT2D eigenvalue weighted by Gasteiger charge is 2.20. The molecule has 2 unspecified atom stereocenters. The number of hydrogen-bond donors (Lipinski definition) is 1. The average molecular weight is 247 g/mol. The molecule has 0 fully saturated rings. The molecule has 2 nitrogen and oxygen atoms in total. The Hall–Kier alpha value is -1.02. The molecule has 2 rings (SSSR count). The molecule has 1 aliphatic heterocycles. The third-order valence-corrected chi connectivity index (χ3v) is 3.87. The summed E-state index contributed by atoms with van der Waals surface area (Å²) in [5, 5.41) is 9.62. The summed E-state index contributed by atoms with van der Waals surface area (Å²) in [6.45, 7) is 6.59. The summed E-state index contributed by atoms with van der Waals surface area (Å²) in [7, 11) is 0. The van der Waals surface area contributed by atoms with E-state index in [9.17, 15) is 5.11 Å². The van der Waals surface area contributed by atoms with Crippen LogP contribution in [0.2, 0.25) is 0 Å². The van der Waals surface area contributed by atoms with E-state index in [-0.39, 0.29) is 6.10 Å². The molecule has 0 aromatic heterocycles. The molecule has 0 bridgehead atoms. The van der Waals surface area contributed by atoms with Crippen molar-refractivity contribution in [1.82, 2.24) is 0 Å². The minimum atomic E-state index is -0.123. The number of aliphatic hydroxyl groups is 1. The topological polar surface area (TPSA) is 23.5 Å². The molecule has 1 heterocycles. The zero-order valence-corrected chi connectivity index (χ0v) is 11.6. The van der Waals surface area contributed by atoms with Crippen LogP contribution in [-0.4, -0.2) is 24.3 Å². The second-order valence-corrected chi connectivity index (χ2v) is 5.59. The van der Waals surface area contributed by atoms with E-state index in [1.807, 2.05) is 6.92 Å². The summed E-state index contributed by atoms with van der Waals surface area (Å²) < 4.78 is 0. The maximum Gasteiger partial charge on any atom is 0.0538 e. The molecule has 0 spiro atoms. The Kier molecular flexibility index (Phi) is 4.65. The van der Waals surface area contributed by atoms with Gasteiger partial charge in [0, 0.05) is 18.8 Å². The van der Waals surface area contributed by atoms with Gasteiger partial charge in [0.25, 0.3) is 0 Å². The van der Waals surface area contributed by atoms with Crippen LogP contribution >= 0.6 is 0 Å². The van der Waals surface area contributed by atoms with E-state index in [0.717, 1.165) is 38.3 Å². The fourth-order valence-electron chi connectivity index (χ4n) is 2.84. The van der Waals surface area contributed by atoms with Crippen LogP contribution in [0.4, 0.5) is 5.69 Å². The minimum Gasteiger partial charge on any atom is -0.393 e. The van der Waals surface area contributed by atoms with Crippen molar-refractivity contribution < 1.29 is 5.11 Å². The predicted molar refractivity (Wildman–Crippen MR) is 77.1 cm³/mol. The van der Waals surface area contributed by atoms with Crippen LogP contribution in [0.5, 0.6) is 0 Å². The largest absolute Gasteiger partial charge is 0.393 e. The molecule has 0 amide bonds. The Balaban J connectivity index is 1.96. The van der Waals surface area contributed by atoms with Crippen LogP contribution < -0.4 is 4.90 Å². The highest BCUT2D eigenvalue weighted by molar-refractivity contribution is 5.55. The van der Waals surface area contributed by atoms with Crippen molar-refractivity contribution >= 4 is 5.69 Å². The van der Waals surface area contributed by atoms with Crippen molar-refractivity contribution in [3.05, 3.63) is 29.8 Å². The second-order valence-electron chi connectivity index (χ2n) is 5.59. The molecule has 1 aromatic rings. The summed E-state index contributed by atoms with van der Waals surface area (Å²) in [4.78, 5) is 2.49. The number of para-hydroxylation sites is 1. The molecule has 2 heteroatoms. The van der Waals surface area contributed by atoms with Crippen molar-refractivity contribution in [2.24, 2.45) is 5.92 Å². The minimum absolute atomic E-state index is 0.123. The van der Waals surface area contributed by atoms with Gasteiger partial charge in [-0.05, 0) is 43.2 Å². The third-order valence-electron chi connectivity index (χ3n) is 3.87. The first-order valence-corrected chi connectivity index (χ1v) is 7.21. The standard InChI is InChI=1S/C16H25NO/c1-3-15(18)8-6-10-17-12-13(2)11-14-7-4-5-9-16(14)17/h4-5,7,9,13,15,18H,3,6,8,10-12H2,1-2H3. The molecule has 100 valence electrons. The van der Waals surface area contributed by atoms with Gasteiger partial charge in [-0.3, -0.25) is 0 Å². The van der Waals surface area contributed by atoms with Gasteiger partial charge in [-0.2, -0.15) is 0 Å². The van der Waals surface area contributed by atoms with Crippen LogP contribution in [0.1, 0.15) is 38.7 Å². The first kappa shape index (κ1) is 13.4. The van der Waals surface area contributed by atoms with Gasteiger partial charge in [0.05, 0.1) is 6.10 Å². The van der Waals surface area contributed by atoms with E-state index in [1.54, 1.807) is 0 Å². The van der Waals surface area contributed by atoms with Gasteiger partial charge in [0.2, 0.25) is 0 Å². The highest BCUT2D eigenvalue weighted by atomic mass is 16.3. The van der Waals surface area contributed by atoms with Crippen molar-refractivity contribution in [3.8, 4) is 0 Å². The van der Waals surface area contributed by atoms with Crippen LogP contribution in [0, 0.1) is 5.92 Å². The average Bonchev–Trinajstić information content (AvgIpc) is 2.38. The van der Waals surface area contributed by atoms with Crippen LogP contribution in [0.15, 0.2) is 24.3 Å². The Bertz CT molecular complexity index is 377. The van der Waals surface area contributed by atoms with Gasteiger partial charge >= 0.3 is 0 Å². The van der Waals surface area contributed by atoms with Crippen LogP contribution in [-0.2, 0) is 6.42 Å². The molecule has 0 aliphatic carbocycles. The Morgan fingerprint density at radius 2 is 2.17 bits per heavy atom. The quantitative estimate of drug-likeness (QED) is 0.863.